The highest BCUT2D eigenvalue weighted by molar-refractivity contribution is 5.92. The number of aromatic carboxylic acids is 1. The number of hydrogen-bond acceptors (Lipinski definition) is 5. The molecule has 0 unspecified atom stereocenters. The van der Waals surface area contributed by atoms with Crippen molar-refractivity contribution in [1.82, 2.24) is 9.55 Å². The molecule has 3 N–H and O–H groups in total. The number of aromatic nitrogens is 2. The second kappa shape index (κ2) is 6.81. The lowest BCUT2D eigenvalue weighted by Crippen LogP contribution is -2.28. The maximum Gasteiger partial charge on any atom is 0.341 e. The largest absolute Gasteiger partial charge is 0.477 e. The van der Waals surface area contributed by atoms with E-state index in [1.165, 1.54) is 0 Å². The van der Waals surface area contributed by atoms with Crippen molar-refractivity contribution in [3.8, 4) is 5.69 Å². The lowest BCUT2D eigenvalue weighted by atomic mass is 10.1. The van der Waals surface area contributed by atoms with Gasteiger partial charge in [0.05, 0.1) is 11.1 Å². The Hall–Kier alpha value is -3.40. The average Bonchev–Trinajstić information content (AvgIpc) is 3.19. The fourth-order valence-corrected chi connectivity index (χ4v) is 4.62. The van der Waals surface area contributed by atoms with E-state index in [1.807, 2.05) is 0 Å². The predicted molar refractivity (Wildman–Crippen MR) is 106 cm³/mol. The van der Waals surface area contributed by atoms with Crippen molar-refractivity contribution in [2.75, 3.05) is 24.5 Å². The van der Waals surface area contributed by atoms with Gasteiger partial charge in [-0.25, -0.2) is 22.9 Å². The van der Waals surface area contributed by atoms with Crippen LogP contribution < -0.4 is 16.1 Å². The Kier molecular flexibility index (Phi) is 4.30. The fourth-order valence-electron chi connectivity index (χ4n) is 4.62. The molecule has 3 aromatic rings. The van der Waals surface area contributed by atoms with Crippen molar-refractivity contribution in [3.05, 3.63) is 63.7 Å². The van der Waals surface area contributed by atoms with E-state index in [4.69, 9.17) is 5.73 Å². The molecule has 5 rings (SSSR count). The Bertz CT molecular complexity index is 1300. The average molecular weight is 430 g/mol. The van der Waals surface area contributed by atoms with Crippen LogP contribution in [0.1, 0.15) is 10.4 Å². The second-order valence-electron chi connectivity index (χ2n) is 7.94. The SMILES string of the molecule is NC[C@@H]1[C@H]2CN(c3nc4c(cc3F)c(=O)c(C(=O)O)cn4-c3ccc(F)cc3F)C[C@@H]12. The van der Waals surface area contributed by atoms with E-state index in [2.05, 4.69) is 4.98 Å². The minimum atomic E-state index is -1.56. The normalized spacial score (nSPS) is 22.1. The van der Waals surface area contributed by atoms with Crippen LogP contribution in [-0.2, 0) is 0 Å². The van der Waals surface area contributed by atoms with Crippen LogP contribution in [0.25, 0.3) is 16.7 Å². The molecule has 160 valence electrons. The van der Waals surface area contributed by atoms with Crippen molar-refractivity contribution >= 4 is 22.8 Å². The Morgan fingerprint density at radius 3 is 2.48 bits per heavy atom. The molecule has 3 atom stereocenters. The van der Waals surface area contributed by atoms with E-state index in [0.29, 0.717) is 43.5 Å². The Balaban J connectivity index is 1.72. The van der Waals surface area contributed by atoms with Crippen LogP contribution in [0.5, 0.6) is 0 Å². The van der Waals surface area contributed by atoms with Crippen LogP contribution in [0.15, 0.2) is 35.3 Å². The third kappa shape index (κ3) is 2.97. The molecule has 1 aliphatic carbocycles. The smallest absolute Gasteiger partial charge is 0.341 e. The summed E-state index contributed by atoms with van der Waals surface area (Å²) in [4.78, 5) is 30.2. The maximum atomic E-state index is 14.9. The highest BCUT2D eigenvalue weighted by Gasteiger charge is 2.55. The lowest BCUT2D eigenvalue weighted by molar-refractivity contribution is 0.0695. The maximum absolute atomic E-state index is 14.9. The van der Waals surface area contributed by atoms with Gasteiger partial charge in [-0.3, -0.25) is 9.36 Å². The van der Waals surface area contributed by atoms with Crippen LogP contribution >= 0.6 is 0 Å². The van der Waals surface area contributed by atoms with Gasteiger partial charge in [-0.2, -0.15) is 0 Å². The number of halogens is 3. The van der Waals surface area contributed by atoms with Crippen LogP contribution in [0.4, 0.5) is 19.0 Å². The van der Waals surface area contributed by atoms with Crippen LogP contribution in [0.3, 0.4) is 0 Å². The summed E-state index contributed by atoms with van der Waals surface area (Å²) in [7, 11) is 0. The van der Waals surface area contributed by atoms with Gasteiger partial charge in [0.1, 0.15) is 17.2 Å². The summed E-state index contributed by atoms with van der Waals surface area (Å²) >= 11 is 0. The Morgan fingerprint density at radius 2 is 1.87 bits per heavy atom. The van der Waals surface area contributed by atoms with E-state index in [-0.39, 0.29) is 22.5 Å². The summed E-state index contributed by atoms with van der Waals surface area (Å²) in [6, 6.07) is 3.65. The molecular weight excluding hydrogens is 413 g/mol. The third-order valence-electron chi connectivity index (χ3n) is 6.26. The van der Waals surface area contributed by atoms with Gasteiger partial charge in [-0.05, 0) is 42.5 Å². The zero-order chi connectivity index (χ0) is 22.0. The molecule has 1 saturated carbocycles. The minimum absolute atomic E-state index is 0.00536. The molecular formula is C21H17F3N4O3. The number of carboxylic acids is 1. The molecule has 1 aliphatic heterocycles. The van der Waals surface area contributed by atoms with Gasteiger partial charge in [-0.1, -0.05) is 0 Å². The summed E-state index contributed by atoms with van der Waals surface area (Å²) in [5.74, 6) is -3.03. The fraction of sp³-hybridized carbons (Fsp3) is 0.286. The molecule has 0 bridgehead atoms. The number of nitrogens with two attached hydrogens (primary N) is 1. The zero-order valence-corrected chi connectivity index (χ0v) is 16.1. The molecule has 2 aromatic heterocycles. The van der Waals surface area contributed by atoms with Gasteiger partial charge in [0, 0.05) is 25.4 Å². The first kappa shape index (κ1) is 19.6. The molecule has 7 nitrogen and oxygen atoms in total. The second-order valence-corrected chi connectivity index (χ2v) is 7.94. The number of nitrogens with zero attached hydrogens (tertiary/aromatic N) is 3. The van der Waals surface area contributed by atoms with Gasteiger partial charge >= 0.3 is 5.97 Å². The summed E-state index contributed by atoms with van der Waals surface area (Å²) < 4.78 is 43.9. The molecule has 0 amide bonds. The van der Waals surface area contributed by atoms with Crippen molar-refractivity contribution < 1.29 is 23.1 Å². The van der Waals surface area contributed by atoms with Gasteiger partial charge < -0.3 is 15.7 Å². The van der Waals surface area contributed by atoms with Crippen molar-refractivity contribution in [2.24, 2.45) is 23.5 Å². The van der Waals surface area contributed by atoms with Gasteiger partial charge in [0.25, 0.3) is 0 Å². The first-order valence-electron chi connectivity index (χ1n) is 9.69. The number of anilines is 1. The van der Waals surface area contributed by atoms with E-state index in [1.54, 1.807) is 4.90 Å². The minimum Gasteiger partial charge on any atom is -0.477 e. The lowest BCUT2D eigenvalue weighted by Gasteiger charge is -2.22. The highest BCUT2D eigenvalue weighted by Crippen LogP contribution is 2.51. The van der Waals surface area contributed by atoms with Gasteiger partial charge in [-0.15, -0.1) is 0 Å². The number of carbonyl (C=O) groups is 1. The molecule has 1 aromatic carbocycles. The number of fused-ring (bicyclic) bond motifs is 2. The Morgan fingerprint density at radius 1 is 1.16 bits per heavy atom. The summed E-state index contributed by atoms with van der Waals surface area (Å²) in [5, 5.41) is 9.08. The quantitative estimate of drug-likeness (QED) is 0.658. The summed E-state index contributed by atoms with van der Waals surface area (Å²) in [6.45, 7) is 1.69. The summed E-state index contributed by atoms with van der Waals surface area (Å²) in [6.07, 6.45) is 0.921. The monoisotopic (exact) mass is 430 g/mol. The zero-order valence-electron chi connectivity index (χ0n) is 16.1. The predicted octanol–water partition coefficient (Wildman–Crippen LogP) is 2.14. The molecule has 2 fully saturated rings. The molecule has 0 radical (unpaired) electrons. The van der Waals surface area contributed by atoms with E-state index in [0.717, 1.165) is 29.0 Å². The molecule has 1 saturated heterocycles. The number of hydrogen-bond donors (Lipinski definition) is 2. The van der Waals surface area contributed by atoms with E-state index >= 15 is 0 Å². The van der Waals surface area contributed by atoms with Gasteiger partial charge in [0.2, 0.25) is 5.43 Å². The Labute approximate surface area is 173 Å². The van der Waals surface area contributed by atoms with Crippen molar-refractivity contribution in [1.29, 1.82) is 0 Å². The first-order chi connectivity index (χ1) is 14.8. The standard InChI is InChI=1S/C21H17F3N4O3/c22-9-1-2-17(15(23)3-9)28-8-14(21(30)31)18(29)10-4-16(24)20(26-19(10)28)27-6-12-11(5-25)13(12)7-27/h1-4,8,11-13H,5-7,25H2,(H,30,31)/t11-,12-,13+. The van der Waals surface area contributed by atoms with Crippen LogP contribution in [-0.4, -0.2) is 40.3 Å². The van der Waals surface area contributed by atoms with Crippen molar-refractivity contribution in [3.63, 3.8) is 0 Å². The molecule has 0 spiro atoms. The molecule has 3 heterocycles. The number of piperidine rings is 1. The van der Waals surface area contributed by atoms with E-state index < -0.39 is 34.4 Å². The summed E-state index contributed by atoms with van der Waals surface area (Å²) in [5.41, 5.74) is 3.77. The van der Waals surface area contributed by atoms with Crippen LogP contribution in [0.2, 0.25) is 0 Å². The van der Waals surface area contributed by atoms with Gasteiger partial charge in [0.15, 0.2) is 17.3 Å². The number of benzene rings is 1. The van der Waals surface area contributed by atoms with Crippen molar-refractivity contribution in [2.45, 2.75) is 0 Å². The van der Waals surface area contributed by atoms with Crippen LogP contribution in [0, 0.1) is 35.2 Å². The number of pyridine rings is 2. The first-order valence-corrected chi connectivity index (χ1v) is 9.69. The number of carboxylic acid groups (broad SMARTS) is 1. The third-order valence-corrected chi connectivity index (χ3v) is 6.26. The topological polar surface area (TPSA) is 101 Å². The molecule has 2 aliphatic rings. The number of rotatable bonds is 4. The molecule has 10 heteroatoms. The highest BCUT2D eigenvalue weighted by atomic mass is 19.1. The molecule has 31 heavy (non-hydrogen) atoms. The van der Waals surface area contributed by atoms with E-state index in [9.17, 15) is 27.9 Å².